The topological polar surface area (TPSA) is 93.2 Å². The van der Waals surface area contributed by atoms with Gasteiger partial charge in [-0.25, -0.2) is 4.98 Å². The largest absolute Gasteiger partial charge is 0.359 e. The molecule has 1 aromatic heterocycles. The van der Waals surface area contributed by atoms with Crippen molar-refractivity contribution in [2.45, 2.75) is 19.9 Å². The predicted molar refractivity (Wildman–Crippen MR) is 74.0 cm³/mol. The molecule has 2 amide bonds. The molecule has 7 heteroatoms. The van der Waals surface area contributed by atoms with Gasteiger partial charge in [0.25, 0.3) is 5.91 Å². The monoisotopic (exact) mass is 279 g/mol. The van der Waals surface area contributed by atoms with E-state index in [0.29, 0.717) is 38.3 Å². The van der Waals surface area contributed by atoms with E-state index in [-0.39, 0.29) is 11.8 Å². The normalized spacial score (nSPS) is 22.1. The van der Waals surface area contributed by atoms with Crippen molar-refractivity contribution in [1.82, 2.24) is 19.8 Å². The van der Waals surface area contributed by atoms with Crippen molar-refractivity contribution >= 4 is 11.8 Å². The molecule has 3 N–H and O–H groups in total. The van der Waals surface area contributed by atoms with Crippen molar-refractivity contribution in [1.29, 1.82) is 0 Å². The van der Waals surface area contributed by atoms with E-state index in [4.69, 9.17) is 5.73 Å². The second kappa shape index (κ2) is 5.62. The van der Waals surface area contributed by atoms with Crippen LogP contribution < -0.4 is 11.1 Å². The van der Waals surface area contributed by atoms with E-state index in [0.717, 1.165) is 0 Å². The van der Waals surface area contributed by atoms with Gasteiger partial charge in [0.1, 0.15) is 5.69 Å². The molecule has 1 aliphatic rings. The Bertz CT molecular complexity index is 513. The number of likely N-dealkylation sites (tertiary alicyclic amines) is 1. The number of aromatic nitrogens is 2. The average molecular weight is 279 g/mol. The van der Waals surface area contributed by atoms with Crippen molar-refractivity contribution in [2.75, 3.05) is 26.7 Å². The molecule has 1 atom stereocenters. The molecule has 0 bridgehead atoms. The SMILES string of the molecule is CNC(=O)C1(C)CCN(C(=O)c2cn(CCN)cn2)C1. The van der Waals surface area contributed by atoms with Gasteiger partial charge in [-0.3, -0.25) is 9.59 Å². The average Bonchev–Trinajstić information content (AvgIpc) is 3.05. The Morgan fingerprint density at radius 3 is 2.95 bits per heavy atom. The van der Waals surface area contributed by atoms with Crippen molar-refractivity contribution in [3.05, 3.63) is 18.2 Å². The Labute approximate surface area is 118 Å². The maximum atomic E-state index is 12.4. The van der Waals surface area contributed by atoms with Gasteiger partial charge >= 0.3 is 0 Å². The number of carbonyl (C=O) groups is 2. The van der Waals surface area contributed by atoms with Crippen molar-refractivity contribution in [3.8, 4) is 0 Å². The quantitative estimate of drug-likeness (QED) is 0.772. The summed E-state index contributed by atoms with van der Waals surface area (Å²) < 4.78 is 1.79. The van der Waals surface area contributed by atoms with Crippen LogP contribution in [0.15, 0.2) is 12.5 Å². The number of rotatable bonds is 4. The summed E-state index contributed by atoms with van der Waals surface area (Å²) >= 11 is 0. The zero-order valence-corrected chi connectivity index (χ0v) is 11.9. The van der Waals surface area contributed by atoms with Gasteiger partial charge in [0.05, 0.1) is 11.7 Å². The summed E-state index contributed by atoms with van der Waals surface area (Å²) in [4.78, 5) is 30.0. The lowest BCUT2D eigenvalue weighted by molar-refractivity contribution is -0.128. The van der Waals surface area contributed by atoms with Crippen LogP contribution in [0.2, 0.25) is 0 Å². The maximum absolute atomic E-state index is 12.4. The molecular formula is C13H21N5O2. The van der Waals surface area contributed by atoms with E-state index in [2.05, 4.69) is 10.3 Å². The molecule has 0 radical (unpaired) electrons. The minimum absolute atomic E-state index is 0.0264. The maximum Gasteiger partial charge on any atom is 0.274 e. The second-order valence-electron chi connectivity index (χ2n) is 5.40. The lowest BCUT2D eigenvalue weighted by atomic mass is 9.89. The fourth-order valence-corrected chi connectivity index (χ4v) is 2.53. The van der Waals surface area contributed by atoms with Gasteiger partial charge in [0.15, 0.2) is 0 Å². The smallest absolute Gasteiger partial charge is 0.274 e. The van der Waals surface area contributed by atoms with Crippen LogP contribution in [0.4, 0.5) is 0 Å². The molecule has 0 spiro atoms. The number of hydrogen-bond acceptors (Lipinski definition) is 4. The first-order valence-electron chi connectivity index (χ1n) is 6.73. The molecule has 2 rings (SSSR count). The van der Waals surface area contributed by atoms with E-state index < -0.39 is 5.41 Å². The Morgan fingerprint density at radius 2 is 2.30 bits per heavy atom. The first-order chi connectivity index (χ1) is 9.50. The minimum Gasteiger partial charge on any atom is -0.359 e. The summed E-state index contributed by atoms with van der Waals surface area (Å²) in [6.45, 7) is 4.02. The van der Waals surface area contributed by atoms with E-state index in [1.165, 1.54) is 0 Å². The highest BCUT2D eigenvalue weighted by Gasteiger charge is 2.41. The summed E-state index contributed by atoms with van der Waals surface area (Å²) in [5.41, 5.74) is 5.36. The molecule has 20 heavy (non-hydrogen) atoms. The van der Waals surface area contributed by atoms with Crippen LogP contribution in [0.25, 0.3) is 0 Å². The van der Waals surface area contributed by atoms with Gasteiger partial charge in [-0.05, 0) is 13.3 Å². The van der Waals surface area contributed by atoms with Crippen LogP contribution >= 0.6 is 0 Å². The van der Waals surface area contributed by atoms with Crippen LogP contribution in [-0.2, 0) is 11.3 Å². The Hall–Kier alpha value is -1.89. The molecule has 1 aromatic rings. The number of hydrogen-bond donors (Lipinski definition) is 2. The van der Waals surface area contributed by atoms with Gasteiger partial charge in [0, 0.05) is 39.4 Å². The van der Waals surface area contributed by atoms with Gasteiger partial charge in [-0.2, -0.15) is 0 Å². The standard InChI is InChI=1S/C13H21N5O2/c1-13(12(20)15-2)3-5-18(8-13)11(19)10-7-17(6-4-14)9-16-10/h7,9H,3-6,8,14H2,1-2H3,(H,15,20). The van der Waals surface area contributed by atoms with Crippen LogP contribution in [0.1, 0.15) is 23.8 Å². The first kappa shape index (κ1) is 14.5. The molecule has 0 saturated carbocycles. The summed E-state index contributed by atoms with van der Waals surface area (Å²) in [6.07, 6.45) is 3.97. The van der Waals surface area contributed by atoms with Crippen molar-refractivity contribution < 1.29 is 9.59 Å². The Kier molecular flexibility index (Phi) is 4.08. The number of nitrogens with zero attached hydrogens (tertiary/aromatic N) is 3. The second-order valence-corrected chi connectivity index (χ2v) is 5.40. The lowest BCUT2D eigenvalue weighted by Crippen LogP contribution is -2.40. The van der Waals surface area contributed by atoms with Gasteiger partial charge in [-0.1, -0.05) is 0 Å². The number of imidazole rings is 1. The fraction of sp³-hybridized carbons (Fsp3) is 0.615. The van der Waals surface area contributed by atoms with E-state index >= 15 is 0 Å². The van der Waals surface area contributed by atoms with Crippen LogP contribution in [0.5, 0.6) is 0 Å². The van der Waals surface area contributed by atoms with Gasteiger partial charge in [-0.15, -0.1) is 0 Å². The highest BCUT2D eigenvalue weighted by Crippen LogP contribution is 2.30. The molecular weight excluding hydrogens is 258 g/mol. The molecule has 1 saturated heterocycles. The predicted octanol–water partition coefficient (Wildman–Crippen LogP) is -0.560. The number of amides is 2. The molecule has 1 fully saturated rings. The van der Waals surface area contributed by atoms with E-state index in [1.54, 1.807) is 29.0 Å². The van der Waals surface area contributed by atoms with Crippen LogP contribution in [0, 0.1) is 5.41 Å². The highest BCUT2D eigenvalue weighted by molar-refractivity contribution is 5.93. The van der Waals surface area contributed by atoms with E-state index in [9.17, 15) is 9.59 Å². The third kappa shape index (κ3) is 2.67. The van der Waals surface area contributed by atoms with Crippen LogP contribution in [-0.4, -0.2) is 52.9 Å². The van der Waals surface area contributed by atoms with Crippen LogP contribution in [0.3, 0.4) is 0 Å². The number of nitrogens with two attached hydrogens (primary N) is 1. The molecule has 0 aliphatic carbocycles. The molecule has 2 heterocycles. The zero-order valence-electron chi connectivity index (χ0n) is 11.9. The molecule has 110 valence electrons. The lowest BCUT2D eigenvalue weighted by Gasteiger charge is -2.22. The Balaban J connectivity index is 2.05. The van der Waals surface area contributed by atoms with Crippen molar-refractivity contribution in [2.24, 2.45) is 11.1 Å². The molecule has 7 nitrogen and oxygen atoms in total. The Morgan fingerprint density at radius 1 is 1.55 bits per heavy atom. The highest BCUT2D eigenvalue weighted by atomic mass is 16.2. The molecule has 0 aromatic carbocycles. The van der Waals surface area contributed by atoms with E-state index in [1.807, 2.05) is 6.92 Å². The third-order valence-corrected chi connectivity index (χ3v) is 3.78. The number of nitrogens with one attached hydrogen (secondary N) is 1. The summed E-state index contributed by atoms with van der Waals surface area (Å²) in [7, 11) is 1.62. The zero-order chi connectivity index (χ0) is 14.8. The van der Waals surface area contributed by atoms with Gasteiger partial charge < -0.3 is 20.5 Å². The fourth-order valence-electron chi connectivity index (χ4n) is 2.53. The summed E-state index contributed by atoms with van der Waals surface area (Å²) in [5, 5.41) is 2.66. The third-order valence-electron chi connectivity index (χ3n) is 3.78. The minimum atomic E-state index is -0.510. The summed E-state index contributed by atoms with van der Waals surface area (Å²) in [6, 6.07) is 0. The summed E-state index contributed by atoms with van der Waals surface area (Å²) in [5.74, 6) is -0.158. The molecule has 1 unspecified atom stereocenters. The number of carbonyl (C=O) groups excluding carboxylic acids is 2. The molecule has 1 aliphatic heterocycles. The van der Waals surface area contributed by atoms with Crippen molar-refractivity contribution in [3.63, 3.8) is 0 Å². The van der Waals surface area contributed by atoms with Gasteiger partial charge in [0.2, 0.25) is 5.91 Å². The first-order valence-corrected chi connectivity index (χ1v) is 6.73.